The van der Waals surface area contributed by atoms with Gasteiger partial charge in [0, 0.05) is 13.7 Å². The van der Waals surface area contributed by atoms with Crippen molar-refractivity contribution in [3.63, 3.8) is 0 Å². The van der Waals surface area contributed by atoms with E-state index in [1.807, 2.05) is 10.7 Å². The Kier molecular flexibility index (Phi) is 2.54. The molecule has 3 N–H and O–H groups in total. The van der Waals surface area contributed by atoms with Crippen molar-refractivity contribution in [2.24, 2.45) is 5.73 Å². The van der Waals surface area contributed by atoms with Crippen LogP contribution in [0.4, 0.5) is 0 Å². The van der Waals surface area contributed by atoms with E-state index in [9.17, 15) is 5.11 Å². The summed E-state index contributed by atoms with van der Waals surface area (Å²) in [5.41, 5.74) is 7.61. The first kappa shape index (κ1) is 9.64. The van der Waals surface area contributed by atoms with Crippen LogP contribution >= 0.6 is 0 Å². The van der Waals surface area contributed by atoms with Gasteiger partial charge >= 0.3 is 0 Å². The molecule has 0 radical (unpaired) electrons. The van der Waals surface area contributed by atoms with E-state index in [-0.39, 0.29) is 6.04 Å². The molecule has 1 aliphatic heterocycles. The van der Waals surface area contributed by atoms with E-state index >= 15 is 0 Å². The summed E-state index contributed by atoms with van der Waals surface area (Å²) in [6, 6.07) is 1.58. The highest BCUT2D eigenvalue weighted by molar-refractivity contribution is 5.16. The second-order valence-corrected chi connectivity index (χ2v) is 3.60. The molecule has 0 unspecified atom stereocenters. The Balaban J connectivity index is 2.27. The molecule has 0 spiro atoms. The van der Waals surface area contributed by atoms with Gasteiger partial charge in [0.05, 0.1) is 30.1 Å². The third-order valence-electron chi connectivity index (χ3n) is 2.55. The van der Waals surface area contributed by atoms with Crippen LogP contribution in [0.2, 0.25) is 0 Å². The molecular formula is C9H15N3O2. The number of methoxy groups -OCH3 is 1. The molecule has 2 atom stereocenters. The lowest BCUT2D eigenvalue weighted by molar-refractivity contribution is 0.109. The lowest BCUT2D eigenvalue weighted by atomic mass is 10.0. The number of hydrogen-bond donors (Lipinski definition) is 2. The molecule has 2 rings (SSSR count). The minimum Gasteiger partial charge on any atom is -0.391 e. The fourth-order valence-electron chi connectivity index (χ4n) is 1.78. The number of aromatic nitrogens is 2. The Labute approximate surface area is 82.5 Å². The Hall–Kier alpha value is -0.910. The third kappa shape index (κ3) is 1.54. The number of nitrogens with zero attached hydrogens (tertiary/aromatic N) is 2. The van der Waals surface area contributed by atoms with Crippen LogP contribution in [0, 0.1) is 0 Å². The van der Waals surface area contributed by atoms with Gasteiger partial charge in [-0.3, -0.25) is 4.68 Å². The summed E-state index contributed by atoms with van der Waals surface area (Å²) >= 11 is 0. The highest BCUT2D eigenvalue weighted by atomic mass is 16.5. The molecule has 14 heavy (non-hydrogen) atoms. The van der Waals surface area contributed by atoms with E-state index in [0.29, 0.717) is 13.0 Å². The molecule has 0 amide bonds. The van der Waals surface area contributed by atoms with E-state index in [1.54, 1.807) is 7.11 Å². The van der Waals surface area contributed by atoms with Crippen molar-refractivity contribution in [3.05, 3.63) is 17.5 Å². The molecule has 0 aliphatic carbocycles. The van der Waals surface area contributed by atoms with Crippen LogP contribution in [0.15, 0.2) is 6.07 Å². The molecule has 0 aromatic carbocycles. The molecule has 5 nitrogen and oxygen atoms in total. The molecule has 1 aromatic rings. The first-order chi connectivity index (χ1) is 6.72. The molecule has 0 fully saturated rings. The van der Waals surface area contributed by atoms with Crippen molar-refractivity contribution >= 4 is 0 Å². The van der Waals surface area contributed by atoms with Gasteiger partial charge in [-0.25, -0.2) is 0 Å². The van der Waals surface area contributed by atoms with E-state index < -0.39 is 6.10 Å². The molecule has 1 aliphatic rings. The zero-order valence-electron chi connectivity index (χ0n) is 8.18. The average molecular weight is 197 g/mol. The van der Waals surface area contributed by atoms with Gasteiger partial charge in [-0.05, 0) is 12.5 Å². The monoisotopic (exact) mass is 197 g/mol. The van der Waals surface area contributed by atoms with Gasteiger partial charge < -0.3 is 15.6 Å². The van der Waals surface area contributed by atoms with E-state index in [4.69, 9.17) is 10.5 Å². The Morgan fingerprint density at radius 2 is 2.57 bits per heavy atom. The minimum atomic E-state index is -0.449. The summed E-state index contributed by atoms with van der Waals surface area (Å²) in [6.45, 7) is 1.22. The summed E-state index contributed by atoms with van der Waals surface area (Å²) in [4.78, 5) is 0. The fourth-order valence-corrected chi connectivity index (χ4v) is 1.78. The molecular weight excluding hydrogens is 182 g/mol. The number of aryl methyl sites for hydroxylation is 1. The van der Waals surface area contributed by atoms with Crippen LogP contribution < -0.4 is 5.73 Å². The highest BCUT2D eigenvalue weighted by Gasteiger charge is 2.26. The summed E-state index contributed by atoms with van der Waals surface area (Å²) in [6.07, 6.45) is 0.219. The quantitative estimate of drug-likeness (QED) is 0.688. The highest BCUT2D eigenvalue weighted by Crippen LogP contribution is 2.23. The Morgan fingerprint density at radius 3 is 3.29 bits per heavy atom. The van der Waals surface area contributed by atoms with Gasteiger partial charge in [0.1, 0.15) is 0 Å². The van der Waals surface area contributed by atoms with Crippen LogP contribution in [-0.4, -0.2) is 28.1 Å². The number of nitrogens with two attached hydrogens (primary N) is 1. The smallest absolute Gasteiger partial charge is 0.0902 e. The maximum absolute atomic E-state index is 9.57. The third-order valence-corrected chi connectivity index (χ3v) is 2.55. The topological polar surface area (TPSA) is 73.3 Å². The second kappa shape index (κ2) is 3.68. The standard InChI is InChI=1S/C9H15N3O2/c1-14-5-6-4-7-9(10)8(13)2-3-12(7)11-6/h4,8-9,13H,2-3,5,10H2,1H3/t8-,9-/m1/s1. The minimum absolute atomic E-state index is 0.318. The summed E-state index contributed by atoms with van der Waals surface area (Å²) < 4.78 is 6.84. The van der Waals surface area contributed by atoms with Crippen LogP contribution in [0.5, 0.6) is 0 Å². The molecule has 78 valence electrons. The predicted molar refractivity (Wildman–Crippen MR) is 50.5 cm³/mol. The zero-order chi connectivity index (χ0) is 10.1. The maximum atomic E-state index is 9.57. The van der Waals surface area contributed by atoms with Crippen LogP contribution in [-0.2, 0) is 17.9 Å². The molecule has 2 heterocycles. The van der Waals surface area contributed by atoms with Crippen molar-refractivity contribution in [2.45, 2.75) is 31.7 Å². The molecule has 0 saturated carbocycles. The van der Waals surface area contributed by atoms with Crippen LogP contribution in [0.25, 0.3) is 0 Å². The largest absolute Gasteiger partial charge is 0.391 e. The lowest BCUT2D eigenvalue weighted by Gasteiger charge is -2.25. The molecule has 5 heteroatoms. The molecule has 1 aromatic heterocycles. The van der Waals surface area contributed by atoms with Crippen molar-refractivity contribution in [1.82, 2.24) is 9.78 Å². The maximum Gasteiger partial charge on any atom is 0.0902 e. The van der Waals surface area contributed by atoms with Gasteiger partial charge in [-0.15, -0.1) is 0 Å². The first-order valence-corrected chi connectivity index (χ1v) is 4.71. The SMILES string of the molecule is COCc1cc2n(n1)CC[C@@H](O)[C@@H]2N. The van der Waals surface area contributed by atoms with Gasteiger partial charge in [0.25, 0.3) is 0 Å². The number of hydrogen-bond acceptors (Lipinski definition) is 4. The van der Waals surface area contributed by atoms with Crippen molar-refractivity contribution in [3.8, 4) is 0 Å². The van der Waals surface area contributed by atoms with Gasteiger partial charge in [-0.2, -0.15) is 5.10 Å². The fraction of sp³-hybridized carbons (Fsp3) is 0.667. The summed E-state index contributed by atoms with van der Waals surface area (Å²) in [5, 5.41) is 13.9. The van der Waals surface area contributed by atoms with E-state index in [1.165, 1.54) is 0 Å². The van der Waals surface area contributed by atoms with Crippen molar-refractivity contribution < 1.29 is 9.84 Å². The van der Waals surface area contributed by atoms with Crippen LogP contribution in [0.3, 0.4) is 0 Å². The number of ether oxygens (including phenoxy) is 1. The number of fused-ring (bicyclic) bond motifs is 1. The molecule has 0 bridgehead atoms. The molecule has 0 saturated heterocycles. The average Bonchev–Trinajstić information content (AvgIpc) is 2.56. The second-order valence-electron chi connectivity index (χ2n) is 3.60. The zero-order valence-corrected chi connectivity index (χ0v) is 8.18. The number of rotatable bonds is 2. The lowest BCUT2D eigenvalue weighted by Crippen LogP contribution is -2.34. The predicted octanol–water partition coefficient (Wildman–Crippen LogP) is -0.206. The van der Waals surface area contributed by atoms with Gasteiger partial charge in [-0.1, -0.05) is 0 Å². The van der Waals surface area contributed by atoms with Gasteiger partial charge in [0.15, 0.2) is 0 Å². The first-order valence-electron chi connectivity index (χ1n) is 4.71. The Morgan fingerprint density at radius 1 is 1.79 bits per heavy atom. The summed E-state index contributed by atoms with van der Waals surface area (Å²) in [7, 11) is 1.63. The number of aliphatic hydroxyl groups is 1. The summed E-state index contributed by atoms with van der Waals surface area (Å²) in [5.74, 6) is 0. The van der Waals surface area contributed by atoms with E-state index in [2.05, 4.69) is 5.10 Å². The normalized spacial score (nSPS) is 26.2. The Bertz CT molecular complexity index is 324. The van der Waals surface area contributed by atoms with Gasteiger partial charge in [0.2, 0.25) is 0 Å². The number of aliphatic hydroxyl groups excluding tert-OH is 1. The van der Waals surface area contributed by atoms with E-state index in [0.717, 1.165) is 17.9 Å². The van der Waals surface area contributed by atoms with Crippen LogP contribution in [0.1, 0.15) is 23.9 Å². The van der Waals surface area contributed by atoms with Crippen molar-refractivity contribution in [1.29, 1.82) is 0 Å². The van der Waals surface area contributed by atoms with Crippen molar-refractivity contribution in [2.75, 3.05) is 7.11 Å².